The molecule has 1 N–H and O–H groups in total. The molecule has 0 aliphatic heterocycles. The monoisotopic (exact) mass is 377 g/mol. The van der Waals surface area contributed by atoms with Crippen molar-refractivity contribution < 1.29 is 27.4 Å². The molecule has 0 radical (unpaired) electrons. The molecular formula is C18H14F3N3O3. The number of pyridine rings is 1. The molecule has 0 fully saturated rings. The molecule has 0 saturated heterocycles. The van der Waals surface area contributed by atoms with E-state index in [1.54, 1.807) is 30.3 Å². The first kappa shape index (κ1) is 19.8. The van der Waals surface area contributed by atoms with Crippen molar-refractivity contribution in [3.05, 3.63) is 54.2 Å². The summed E-state index contributed by atoms with van der Waals surface area (Å²) < 4.78 is 45.8. The van der Waals surface area contributed by atoms with Crippen LogP contribution in [0, 0.1) is 11.3 Å². The first-order valence-electron chi connectivity index (χ1n) is 7.60. The van der Waals surface area contributed by atoms with Crippen molar-refractivity contribution in [3.8, 4) is 17.7 Å². The zero-order chi connectivity index (χ0) is 19.7. The lowest BCUT2D eigenvalue weighted by atomic mass is 10.2. The molecule has 140 valence electrons. The van der Waals surface area contributed by atoms with Crippen LogP contribution in [0.3, 0.4) is 0 Å². The predicted molar refractivity (Wildman–Crippen MR) is 91.0 cm³/mol. The number of anilines is 1. The van der Waals surface area contributed by atoms with Crippen molar-refractivity contribution in [1.82, 2.24) is 4.98 Å². The highest BCUT2D eigenvalue weighted by atomic mass is 19.4. The van der Waals surface area contributed by atoms with Gasteiger partial charge in [-0.1, -0.05) is 12.1 Å². The number of ether oxygens (including phenoxy) is 2. The van der Waals surface area contributed by atoms with E-state index in [2.05, 4.69) is 15.0 Å². The minimum Gasteiger partial charge on any atom is -0.479 e. The molecule has 6 nitrogen and oxygen atoms in total. The lowest BCUT2D eigenvalue weighted by molar-refractivity contribution is -0.154. The summed E-state index contributed by atoms with van der Waals surface area (Å²) in [7, 11) is 0. The van der Waals surface area contributed by atoms with Crippen LogP contribution in [0.25, 0.3) is 6.08 Å². The van der Waals surface area contributed by atoms with Gasteiger partial charge in [-0.15, -0.1) is 0 Å². The number of aromatic nitrogens is 1. The highest BCUT2D eigenvalue weighted by molar-refractivity contribution is 6.01. The maximum atomic E-state index is 12.1. The van der Waals surface area contributed by atoms with Gasteiger partial charge < -0.3 is 14.8 Å². The van der Waals surface area contributed by atoms with Crippen molar-refractivity contribution in [2.75, 3.05) is 18.5 Å². The summed E-state index contributed by atoms with van der Waals surface area (Å²) in [5, 5.41) is 11.0. The summed E-state index contributed by atoms with van der Waals surface area (Å²) in [4.78, 5) is 15.6. The van der Waals surface area contributed by atoms with Gasteiger partial charge in [0.15, 0.2) is 13.2 Å². The Labute approximate surface area is 152 Å². The largest absolute Gasteiger partial charge is 0.479 e. The van der Waals surface area contributed by atoms with Gasteiger partial charge in [-0.05, 0) is 29.8 Å². The van der Waals surface area contributed by atoms with Crippen molar-refractivity contribution in [2.24, 2.45) is 0 Å². The second kappa shape index (κ2) is 9.24. The summed E-state index contributed by atoms with van der Waals surface area (Å²) in [5.41, 5.74) is 1.05. The van der Waals surface area contributed by atoms with Gasteiger partial charge >= 0.3 is 6.18 Å². The first-order chi connectivity index (χ1) is 12.9. The number of nitriles is 1. The molecule has 0 atom stereocenters. The minimum absolute atomic E-state index is 0.0499. The number of benzene rings is 1. The minimum atomic E-state index is -4.45. The Morgan fingerprint density at radius 3 is 2.52 bits per heavy atom. The Kier molecular flexibility index (Phi) is 6.77. The van der Waals surface area contributed by atoms with Gasteiger partial charge in [-0.3, -0.25) is 4.79 Å². The molecular weight excluding hydrogens is 363 g/mol. The summed E-state index contributed by atoms with van der Waals surface area (Å²) in [6, 6.07) is 11.2. The Morgan fingerprint density at radius 1 is 1.19 bits per heavy atom. The number of amides is 1. The van der Waals surface area contributed by atoms with Crippen molar-refractivity contribution in [2.45, 2.75) is 6.18 Å². The van der Waals surface area contributed by atoms with Gasteiger partial charge in [0.05, 0.1) is 11.9 Å². The smallest absolute Gasteiger partial charge is 0.422 e. The second-order valence-electron chi connectivity index (χ2n) is 5.13. The molecule has 0 unspecified atom stereocenters. The predicted octanol–water partition coefficient (Wildman–Crippen LogP) is 3.58. The normalized spacial score (nSPS) is 11.0. The zero-order valence-electron chi connectivity index (χ0n) is 13.9. The number of carbonyl (C=O) groups is 1. The molecule has 1 aromatic carbocycles. The summed E-state index contributed by atoms with van der Waals surface area (Å²) in [6.45, 7) is -1.49. The van der Waals surface area contributed by atoms with E-state index >= 15 is 0 Å². The Balaban J connectivity index is 1.86. The lowest BCUT2D eigenvalue weighted by Gasteiger charge is -2.08. The number of halogens is 3. The first-order valence-corrected chi connectivity index (χ1v) is 7.60. The maximum absolute atomic E-state index is 12.1. The molecule has 1 heterocycles. The second-order valence-corrected chi connectivity index (χ2v) is 5.13. The van der Waals surface area contributed by atoms with E-state index in [1.807, 2.05) is 6.07 Å². The van der Waals surface area contributed by atoms with Crippen molar-refractivity contribution >= 4 is 17.7 Å². The molecule has 0 spiro atoms. The number of hydrogen-bond acceptors (Lipinski definition) is 5. The summed E-state index contributed by atoms with van der Waals surface area (Å²) in [5.74, 6) is -0.0952. The number of rotatable bonds is 7. The van der Waals surface area contributed by atoms with E-state index in [4.69, 9.17) is 10.00 Å². The van der Waals surface area contributed by atoms with Crippen LogP contribution in [0.2, 0.25) is 0 Å². The maximum Gasteiger partial charge on any atom is 0.422 e. The molecule has 2 aromatic rings. The highest BCUT2D eigenvalue weighted by Gasteiger charge is 2.28. The molecule has 0 bridgehead atoms. The molecule has 27 heavy (non-hydrogen) atoms. The number of carbonyl (C=O) groups excluding carboxylic acids is 1. The van der Waals surface area contributed by atoms with Crippen LogP contribution < -0.4 is 14.8 Å². The Hall–Kier alpha value is -3.54. The van der Waals surface area contributed by atoms with Gasteiger partial charge in [0.1, 0.15) is 11.8 Å². The number of hydrogen-bond donors (Lipinski definition) is 1. The fourth-order valence-corrected chi connectivity index (χ4v) is 1.84. The third-order valence-corrected chi connectivity index (χ3v) is 3.00. The topological polar surface area (TPSA) is 84.2 Å². The number of nitrogens with one attached hydrogen (secondary N) is 1. The van der Waals surface area contributed by atoms with Crippen LogP contribution >= 0.6 is 0 Å². The molecule has 9 heteroatoms. The number of nitrogens with zero attached hydrogens (tertiary/aromatic N) is 2. The zero-order valence-corrected chi connectivity index (χ0v) is 13.9. The van der Waals surface area contributed by atoms with E-state index in [1.165, 1.54) is 24.4 Å². The van der Waals surface area contributed by atoms with Gasteiger partial charge in [0.2, 0.25) is 11.8 Å². The molecule has 1 amide bonds. The van der Waals surface area contributed by atoms with Crippen LogP contribution in [0.1, 0.15) is 5.56 Å². The summed E-state index contributed by atoms with van der Waals surface area (Å²) in [6.07, 6.45) is -0.394. The van der Waals surface area contributed by atoms with Crippen LogP contribution in [-0.2, 0) is 4.79 Å². The van der Waals surface area contributed by atoms with Crippen LogP contribution in [0.15, 0.2) is 48.7 Å². The number of alkyl halides is 3. The van der Waals surface area contributed by atoms with Gasteiger partial charge in [-0.25, -0.2) is 4.98 Å². The third-order valence-electron chi connectivity index (χ3n) is 3.00. The average molecular weight is 377 g/mol. The van der Waals surface area contributed by atoms with Gasteiger partial charge in [0.25, 0.3) is 0 Å². The van der Waals surface area contributed by atoms with E-state index in [9.17, 15) is 18.0 Å². The SMILES string of the molecule is N#CCOc1ccc(C=CC(=O)Nc2ccc(OCC(F)(F)F)nc2)cc1. The Morgan fingerprint density at radius 2 is 1.93 bits per heavy atom. The molecule has 1 aromatic heterocycles. The van der Waals surface area contributed by atoms with Crippen LogP contribution in [-0.4, -0.2) is 30.3 Å². The molecule has 0 saturated carbocycles. The lowest BCUT2D eigenvalue weighted by Crippen LogP contribution is -2.19. The molecule has 0 aliphatic carbocycles. The van der Waals surface area contributed by atoms with Crippen LogP contribution in [0.5, 0.6) is 11.6 Å². The summed E-state index contributed by atoms with van der Waals surface area (Å²) >= 11 is 0. The fourth-order valence-electron chi connectivity index (χ4n) is 1.84. The highest BCUT2D eigenvalue weighted by Crippen LogP contribution is 2.18. The Bertz CT molecular complexity index is 826. The third kappa shape index (κ3) is 7.48. The quantitative estimate of drug-likeness (QED) is 0.746. The van der Waals surface area contributed by atoms with E-state index in [0.29, 0.717) is 11.4 Å². The van der Waals surface area contributed by atoms with E-state index < -0.39 is 18.7 Å². The van der Waals surface area contributed by atoms with Gasteiger partial charge in [-0.2, -0.15) is 18.4 Å². The van der Waals surface area contributed by atoms with E-state index in [0.717, 1.165) is 5.56 Å². The van der Waals surface area contributed by atoms with Crippen LogP contribution in [0.4, 0.5) is 18.9 Å². The van der Waals surface area contributed by atoms with Gasteiger partial charge in [0, 0.05) is 12.1 Å². The van der Waals surface area contributed by atoms with Crippen molar-refractivity contribution in [3.63, 3.8) is 0 Å². The van der Waals surface area contributed by atoms with E-state index in [-0.39, 0.29) is 12.5 Å². The fraction of sp³-hybridized carbons (Fsp3) is 0.167. The average Bonchev–Trinajstić information content (AvgIpc) is 2.64. The molecule has 2 rings (SSSR count). The standard InChI is InChI=1S/C18H14F3N3O3/c19-18(20,21)12-27-17-8-4-14(11-23-17)24-16(25)7-3-13-1-5-15(6-2-13)26-10-9-22/h1-8,11H,10,12H2,(H,24,25). The van der Waals surface area contributed by atoms with Crippen molar-refractivity contribution in [1.29, 1.82) is 5.26 Å². The molecule has 0 aliphatic rings.